The zero-order chi connectivity index (χ0) is 14.0. The van der Waals surface area contributed by atoms with Crippen LogP contribution in [0.3, 0.4) is 0 Å². The Bertz CT molecular complexity index is 489. The number of nitrogens with one attached hydrogen (secondary N) is 1. The van der Waals surface area contributed by atoms with Gasteiger partial charge in [0.05, 0.1) is 21.5 Å². The molecule has 2 atom stereocenters. The van der Waals surface area contributed by atoms with Gasteiger partial charge in [0.25, 0.3) is 5.69 Å². The second-order valence-corrected chi connectivity index (χ2v) is 5.47. The summed E-state index contributed by atoms with van der Waals surface area (Å²) in [4.78, 5) is 14.5. The number of aromatic nitrogens is 1. The normalized spacial score (nSPS) is 20.3. The second kappa shape index (κ2) is 5.83. The number of pyridine rings is 1. The number of nitro groups is 1. The molecular formula is C12H16BrN3O3. The molecule has 0 bridgehead atoms. The minimum atomic E-state index is -0.430. The van der Waals surface area contributed by atoms with E-state index in [-0.39, 0.29) is 17.8 Å². The molecule has 2 rings (SSSR count). The van der Waals surface area contributed by atoms with Crippen LogP contribution < -0.4 is 5.32 Å². The molecule has 2 unspecified atom stereocenters. The van der Waals surface area contributed by atoms with Crippen molar-refractivity contribution in [3.05, 3.63) is 26.3 Å². The molecule has 6 nitrogen and oxygen atoms in total. The smallest absolute Gasteiger partial charge is 0.291 e. The van der Waals surface area contributed by atoms with E-state index in [1.54, 1.807) is 6.92 Å². The fourth-order valence-corrected chi connectivity index (χ4v) is 2.58. The molecule has 1 aromatic rings. The summed E-state index contributed by atoms with van der Waals surface area (Å²) in [5, 5.41) is 14.1. The van der Waals surface area contributed by atoms with Gasteiger partial charge >= 0.3 is 0 Å². The lowest BCUT2D eigenvalue weighted by Gasteiger charge is -2.21. The zero-order valence-electron chi connectivity index (χ0n) is 10.9. The fourth-order valence-electron chi connectivity index (χ4n) is 2.16. The fraction of sp³-hybridized carbons (Fsp3) is 0.583. The van der Waals surface area contributed by atoms with Gasteiger partial charge in [-0.15, -0.1) is 0 Å². The summed E-state index contributed by atoms with van der Waals surface area (Å²) < 4.78 is 6.24. The van der Waals surface area contributed by atoms with E-state index in [1.165, 1.54) is 6.20 Å². The van der Waals surface area contributed by atoms with E-state index in [0.29, 0.717) is 15.9 Å². The van der Waals surface area contributed by atoms with Crippen molar-refractivity contribution in [1.29, 1.82) is 0 Å². The minimum absolute atomic E-state index is 0.0159. The van der Waals surface area contributed by atoms with E-state index in [4.69, 9.17) is 4.74 Å². The quantitative estimate of drug-likeness (QED) is 0.678. The molecule has 0 aromatic carbocycles. The van der Waals surface area contributed by atoms with Gasteiger partial charge in [-0.2, -0.15) is 0 Å². The highest BCUT2D eigenvalue weighted by atomic mass is 79.9. The van der Waals surface area contributed by atoms with Crippen LogP contribution in [0.4, 0.5) is 11.5 Å². The first kappa shape index (κ1) is 14.2. The average molecular weight is 330 g/mol. The molecule has 1 fully saturated rings. The predicted octanol–water partition coefficient (Wildman–Crippen LogP) is 3.04. The van der Waals surface area contributed by atoms with Crippen molar-refractivity contribution in [1.82, 2.24) is 4.98 Å². The van der Waals surface area contributed by atoms with Crippen molar-refractivity contribution in [3.8, 4) is 0 Å². The van der Waals surface area contributed by atoms with Crippen molar-refractivity contribution in [2.45, 2.75) is 38.8 Å². The van der Waals surface area contributed by atoms with Gasteiger partial charge in [-0.3, -0.25) is 10.1 Å². The third kappa shape index (κ3) is 3.03. The number of hydrogen-bond donors (Lipinski definition) is 1. The molecule has 0 spiro atoms. The predicted molar refractivity (Wildman–Crippen MR) is 75.4 cm³/mol. The van der Waals surface area contributed by atoms with E-state index in [1.807, 2.05) is 6.92 Å². The van der Waals surface area contributed by atoms with Crippen LogP contribution in [0.15, 0.2) is 10.7 Å². The van der Waals surface area contributed by atoms with Crippen molar-refractivity contribution in [3.63, 3.8) is 0 Å². The Morgan fingerprint density at radius 3 is 3.00 bits per heavy atom. The molecule has 104 valence electrons. The molecule has 1 aliphatic heterocycles. The van der Waals surface area contributed by atoms with E-state index in [0.717, 1.165) is 19.4 Å². The lowest BCUT2D eigenvalue weighted by molar-refractivity contribution is -0.385. The van der Waals surface area contributed by atoms with Crippen molar-refractivity contribution >= 4 is 27.4 Å². The summed E-state index contributed by atoms with van der Waals surface area (Å²) in [5.74, 6) is 0.617. The molecule has 1 saturated heterocycles. The average Bonchev–Trinajstić information content (AvgIpc) is 2.88. The van der Waals surface area contributed by atoms with Gasteiger partial charge < -0.3 is 10.1 Å². The Morgan fingerprint density at radius 2 is 2.42 bits per heavy atom. The largest absolute Gasteiger partial charge is 0.376 e. The van der Waals surface area contributed by atoms with E-state index >= 15 is 0 Å². The first-order valence-electron chi connectivity index (χ1n) is 6.18. The van der Waals surface area contributed by atoms with Crippen molar-refractivity contribution < 1.29 is 9.66 Å². The highest BCUT2D eigenvalue weighted by Crippen LogP contribution is 2.31. The van der Waals surface area contributed by atoms with Crippen molar-refractivity contribution in [2.24, 2.45) is 0 Å². The molecule has 2 heterocycles. The molecule has 7 heteroatoms. The highest BCUT2D eigenvalue weighted by Gasteiger charge is 2.24. The number of ether oxygens (including phenoxy) is 1. The Morgan fingerprint density at radius 1 is 1.68 bits per heavy atom. The van der Waals surface area contributed by atoms with Crippen LogP contribution in [0.1, 0.15) is 25.3 Å². The van der Waals surface area contributed by atoms with Crippen LogP contribution in [-0.2, 0) is 4.74 Å². The number of rotatable bonds is 4. The number of nitrogens with zero attached hydrogens (tertiary/aromatic N) is 2. The van der Waals surface area contributed by atoms with Crippen LogP contribution in [0.2, 0.25) is 0 Å². The highest BCUT2D eigenvalue weighted by molar-refractivity contribution is 9.10. The Balaban J connectivity index is 2.16. The molecule has 0 aliphatic carbocycles. The van der Waals surface area contributed by atoms with E-state index in [2.05, 4.69) is 26.2 Å². The first-order chi connectivity index (χ1) is 9.00. The summed E-state index contributed by atoms with van der Waals surface area (Å²) in [6, 6.07) is 0.118. The van der Waals surface area contributed by atoms with Gasteiger partial charge in [0.1, 0.15) is 12.0 Å². The summed E-state index contributed by atoms with van der Waals surface area (Å²) in [6.07, 6.45) is 3.55. The van der Waals surface area contributed by atoms with Gasteiger partial charge in [0.15, 0.2) is 0 Å². The summed E-state index contributed by atoms with van der Waals surface area (Å²) in [7, 11) is 0. The summed E-state index contributed by atoms with van der Waals surface area (Å²) >= 11 is 3.37. The van der Waals surface area contributed by atoms with E-state index in [9.17, 15) is 10.1 Å². The Labute approximate surface area is 119 Å². The molecule has 1 aromatic heterocycles. The number of anilines is 1. The van der Waals surface area contributed by atoms with Crippen molar-refractivity contribution in [2.75, 3.05) is 11.9 Å². The standard InChI is InChI=1S/C12H16BrN3O3/c1-7-9(16(17)18)6-14-12(11(7)13)15-8(2)10-4-3-5-19-10/h6,8,10H,3-5H2,1-2H3,(H,14,15). The maximum atomic E-state index is 10.8. The number of halogens is 1. The van der Waals surface area contributed by atoms with Crippen LogP contribution in [0.5, 0.6) is 0 Å². The van der Waals surface area contributed by atoms with Crippen LogP contribution in [-0.4, -0.2) is 28.7 Å². The lowest BCUT2D eigenvalue weighted by atomic mass is 10.1. The summed E-state index contributed by atoms with van der Waals surface area (Å²) in [5.41, 5.74) is 0.587. The molecule has 0 saturated carbocycles. The van der Waals surface area contributed by atoms with Gasteiger partial charge in [0, 0.05) is 12.2 Å². The topological polar surface area (TPSA) is 77.3 Å². The molecule has 0 amide bonds. The molecule has 19 heavy (non-hydrogen) atoms. The minimum Gasteiger partial charge on any atom is -0.376 e. The van der Waals surface area contributed by atoms with Gasteiger partial charge in [-0.1, -0.05) is 0 Å². The first-order valence-corrected chi connectivity index (χ1v) is 6.97. The SMILES string of the molecule is Cc1c([N+](=O)[O-])cnc(NC(C)C2CCCO2)c1Br. The maximum absolute atomic E-state index is 10.8. The van der Waals surface area contributed by atoms with Crippen LogP contribution in [0, 0.1) is 17.0 Å². The lowest BCUT2D eigenvalue weighted by Crippen LogP contribution is -2.30. The van der Waals surface area contributed by atoms with Gasteiger partial charge in [0.2, 0.25) is 0 Å². The Kier molecular flexibility index (Phi) is 4.36. The monoisotopic (exact) mass is 329 g/mol. The Hall–Kier alpha value is -1.21. The van der Waals surface area contributed by atoms with Gasteiger partial charge in [-0.25, -0.2) is 4.98 Å². The van der Waals surface area contributed by atoms with Crippen LogP contribution >= 0.6 is 15.9 Å². The molecular weight excluding hydrogens is 314 g/mol. The van der Waals surface area contributed by atoms with Gasteiger partial charge in [-0.05, 0) is 42.6 Å². The third-order valence-corrected chi connectivity index (χ3v) is 4.29. The second-order valence-electron chi connectivity index (χ2n) is 4.67. The molecule has 1 aliphatic rings. The molecule has 0 radical (unpaired) electrons. The third-order valence-electron chi connectivity index (χ3n) is 3.32. The van der Waals surface area contributed by atoms with Crippen LogP contribution in [0.25, 0.3) is 0 Å². The number of hydrogen-bond acceptors (Lipinski definition) is 5. The molecule has 1 N–H and O–H groups in total. The maximum Gasteiger partial charge on any atom is 0.291 e. The zero-order valence-corrected chi connectivity index (χ0v) is 12.4. The summed E-state index contributed by atoms with van der Waals surface area (Å²) in [6.45, 7) is 4.53. The van der Waals surface area contributed by atoms with E-state index < -0.39 is 4.92 Å².